The van der Waals surface area contributed by atoms with E-state index in [-0.39, 0.29) is 24.0 Å². The summed E-state index contributed by atoms with van der Waals surface area (Å²) in [5, 5.41) is 7.01. The number of hydrogen-bond donors (Lipinski definition) is 2. The Morgan fingerprint density at radius 3 is 2.68 bits per heavy atom. The second-order valence-corrected chi connectivity index (χ2v) is 7.28. The zero-order valence-electron chi connectivity index (χ0n) is 16.0. The fourth-order valence-electron chi connectivity index (χ4n) is 3.65. The number of guanidine groups is 1. The minimum atomic E-state index is 0. The van der Waals surface area contributed by atoms with E-state index in [9.17, 15) is 0 Å². The van der Waals surface area contributed by atoms with Crippen molar-refractivity contribution in [1.29, 1.82) is 0 Å². The molecule has 2 heterocycles. The Balaban J connectivity index is 0.00000225. The molecule has 0 spiro atoms. The van der Waals surface area contributed by atoms with Crippen LogP contribution < -0.4 is 15.5 Å². The normalized spacial score (nSPS) is 24.1. The number of anilines is 1. The number of aromatic nitrogens is 2. The SMILES string of the molecule is CN=C(NCc1cnc(N(C)C)n1C)NC1CC(C)N(C2CC2)C1.I. The number of likely N-dealkylation sites (tertiary alicyclic amines) is 1. The number of nitrogens with zero attached hydrogens (tertiary/aromatic N) is 5. The number of aliphatic imine (C=N–C) groups is 1. The van der Waals surface area contributed by atoms with Crippen molar-refractivity contribution >= 4 is 35.9 Å². The van der Waals surface area contributed by atoms with Crippen LogP contribution in [0.4, 0.5) is 5.95 Å². The lowest BCUT2D eigenvalue weighted by molar-refractivity contribution is 0.256. The summed E-state index contributed by atoms with van der Waals surface area (Å²) in [6.45, 7) is 4.18. The number of halogens is 1. The number of hydrogen-bond acceptors (Lipinski definition) is 4. The molecule has 1 saturated carbocycles. The van der Waals surface area contributed by atoms with Gasteiger partial charge in [-0.05, 0) is 26.2 Å². The lowest BCUT2D eigenvalue weighted by atomic mass is 10.2. The summed E-state index contributed by atoms with van der Waals surface area (Å²) >= 11 is 0. The van der Waals surface area contributed by atoms with Crippen LogP contribution in [0.2, 0.25) is 0 Å². The second-order valence-electron chi connectivity index (χ2n) is 7.28. The lowest BCUT2D eigenvalue weighted by Crippen LogP contribution is -2.44. The summed E-state index contributed by atoms with van der Waals surface area (Å²) in [5.74, 6) is 1.83. The fraction of sp³-hybridized carbons (Fsp3) is 0.765. The van der Waals surface area contributed by atoms with E-state index >= 15 is 0 Å². The molecule has 1 saturated heterocycles. The first-order chi connectivity index (χ1) is 11.5. The van der Waals surface area contributed by atoms with E-state index in [1.165, 1.54) is 19.3 Å². The van der Waals surface area contributed by atoms with E-state index < -0.39 is 0 Å². The van der Waals surface area contributed by atoms with Gasteiger partial charge in [0.25, 0.3) is 0 Å². The maximum Gasteiger partial charge on any atom is 0.204 e. The minimum Gasteiger partial charge on any atom is -0.352 e. The topological polar surface area (TPSA) is 60.7 Å². The molecule has 2 N–H and O–H groups in total. The maximum absolute atomic E-state index is 4.45. The smallest absolute Gasteiger partial charge is 0.204 e. The van der Waals surface area contributed by atoms with Crippen LogP contribution in [0.15, 0.2) is 11.2 Å². The Morgan fingerprint density at radius 2 is 2.12 bits per heavy atom. The third kappa shape index (κ3) is 4.78. The summed E-state index contributed by atoms with van der Waals surface area (Å²) in [4.78, 5) is 13.5. The van der Waals surface area contributed by atoms with Gasteiger partial charge in [0.1, 0.15) is 0 Å². The Hall–Kier alpha value is -1.03. The molecular weight excluding hydrogens is 429 g/mol. The van der Waals surface area contributed by atoms with Crippen LogP contribution >= 0.6 is 24.0 Å². The van der Waals surface area contributed by atoms with Crippen LogP contribution in [0.1, 0.15) is 31.9 Å². The molecule has 3 rings (SSSR count). The van der Waals surface area contributed by atoms with Gasteiger partial charge in [0.2, 0.25) is 5.95 Å². The molecule has 25 heavy (non-hydrogen) atoms. The molecule has 2 aliphatic rings. The van der Waals surface area contributed by atoms with E-state index in [0.717, 1.165) is 30.2 Å². The highest BCUT2D eigenvalue weighted by Gasteiger charge is 2.38. The Labute approximate surface area is 168 Å². The summed E-state index contributed by atoms with van der Waals surface area (Å²) in [6.07, 6.45) is 5.85. The number of rotatable bonds is 5. The fourth-order valence-corrected chi connectivity index (χ4v) is 3.65. The average Bonchev–Trinajstić information content (AvgIpc) is 3.22. The molecule has 2 atom stereocenters. The summed E-state index contributed by atoms with van der Waals surface area (Å²) in [7, 11) is 7.89. The van der Waals surface area contributed by atoms with E-state index in [1.54, 1.807) is 0 Å². The van der Waals surface area contributed by atoms with Gasteiger partial charge < -0.3 is 20.1 Å². The van der Waals surface area contributed by atoms with Crippen LogP contribution in [0.25, 0.3) is 0 Å². The minimum absolute atomic E-state index is 0. The molecule has 2 unspecified atom stereocenters. The van der Waals surface area contributed by atoms with Gasteiger partial charge in [0.05, 0.1) is 18.4 Å². The molecule has 1 aliphatic heterocycles. The van der Waals surface area contributed by atoms with Crippen LogP contribution in [-0.4, -0.2) is 66.2 Å². The van der Waals surface area contributed by atoms with Crippen molar-refractivity contribution in [3.05, 3.63) is 11.9 Å². The Morgan fingerprint density at radius 1 is 1.40 bits per heavy atom. The van der Waals surface area contributed by atoms with Gasteiger partial charge in [-0.25, -0.2) is 4.98 Å². The van der Waals surface area contributed by atoms with Crippen molar-refractivity contribution in [2.75, 3.05) is 32.6 Å². The van der Waals surface area contributed by atoms with Crippen molar-refractivity contribution in [2.24, 2.45) is 12.0 Å². The van der Waals surface area contributed by atoms with E-state index in [1.807, 2.05) is 39.3 Å². The first kappa shape index (κ1) is 20.3. The molecule has 2 fully saturated rings. The quantitative estimate of drug-likeness (QED) is 0.395. The second kappa shape index (κ2) is 8.57. The van der Waals surface area contributed by atoms with Crippen LogP contribution in [-0.2, 0) is 13.6 Å². The van der Waals surface area contributed by atoms with Gasteiger partial charge in [-0.3, -0.25) is 9.89 Å². The Bertz CT molecular complexity index is 594. The van der Waals surface area contributed by atoms with Gasteiger partial charge in [-0.1, -0.05) is 0 Å². The van der Waals surface area contributed by atoms with E-state index in [0.29, 0.717) is 18.6 Å². The van der Waals surface area contributed by atoms with Gasteiger partial charge in [0, 0.05) is 52.9 Å². The van der Waals surface area contributed by atoms with E-state index in [2.05, 4.69) is 37.0 Å². The monoisotopic (exact) mass is 461 g/mol. The highest BCUT2D eigenvalue weighted by molar-refractivity contribution is 14.0. The zero-order chi connectivity index (χ0) is 17.3. The van der Waals surface area contributed by atoms with Crippen LogP contribution in [0.3, 0.4) is 0 Å². The molecule has 1 aromatic heterocycles. The molecule has 142 valence electrons. The molecular formula is C17H32IN7. The van der Waals surface area contributed by atoms with Crippen molar-refractivity contribution in [3.8, 4) is 0 Å². The molecule has 1 aromatic rings. The third-order valence-corrected chi connectivity index (χ3v) is 5.10. The van der Waals surface area contributed by atoms with Crippen molar-refractivity contribution in [2.45, 2.75) is 50.9 Å². The molecule has 0 bridgehead atoms. The van der Waals surface area contributed by atoms with E-state index in [4.69, 9.17) is 0 Å². The van der Waals surface area contributed by atoms with Crippen LogP contribution in [0, 0.1) is 0 Å². The first-order valence-corrected chi connectivity index (χ1v) is 8.90. The van der Waals surface area contributed by atoms with Crippen molar-refractivity contribution in [1.82, 2.24) is 25.1 Å². The summed E-state index contributed by atoms with van der Waals surface area (Å²) < 4.78 is 2.10. The maximum atomic E-state index is 4.45. The molecule has 0 amide bonds. The highest BCUT2D eigenvalue weighted by atomic mass is 127. The van der Waals surface area contributed by atoms with Gasteiger partial charge in [-0.2, -0.15) is 0 Å². The predicted molar refractivity (Wildman–Crippen MR) is 114 cm³/mol. The van der Waals surface area contributed by atoms with Gasteiger partial charge >= 0.3 is 0 Å². The Kier molecular flexibility index (Phi) is 6.95. The van der Waals surface area contributed by atoms with Crippen molar-refractivity contribution < 1.29 is 0 Å². The molecule has 0 aromatic carbocycles. The van der Waals surface area contributed by atoms with Gasteiger partial charge in [0.15, 0.2) is 5.96 Å². The summed E-state index contributed by atoms with van der Waals surface area (Å²) in [6, 6.07) is 1.99. The standard InChI is InChI=1S/C17H31N7.HI/c1-12-8-13(11-24(12)14-6-7-14)21-16(18-2)19-9-15-10-20-17(22(3)4)23(15)5;/h10,12-14H,6-9,11H2,1-5H3,(H2,18,19,21);1H. The van der Waals surface area contributed by atoms with Crippen LogP contribution in [0.5, 0.6) is 0 Å². The van der Waals surface area contributed by atoms with Crippen molar-refractivity contribution in [3.63, 3.8) is 0 Å². The lowest BCUT2D eigenvalue weighted by Gasteiger charge is -2.20. The molecule has 8 heteroatoms. The molecule has 0 radical (unpaired) electrons. The average molecular weight is 461 g/mol. The third-order valence-electron chi connectivity index (χ3n) is 5.10. The zero-order valence-corrected chi connectivity index (χ0v) is 18.3. The number of nitrogens with one attached hydrogen (secondary N) is 2. The van der Waals surface area contributed by atoms with Gasteiger partial charge in [-0.15, -0.1) is 24.0 Å². The molecule has 7 nitrogen and oxygen atoms in total. The summed E-state index contributed by atoms with van der Waals surface area (Å²) in [5.41, 5.74) is 1.14. The molecule has 1 aliphatic carbocycles. The highest BCUT2D eigenvalue weighted by Crippen LogP contribution is 2.33. The largest absolute Gasteiger partial charge is 0.352 e. The number of imidazole rings is 1. The predicted octanol–water partition coefficient (Wildman–Crippen LogP) is 1.39. The first-order valence-electron chi connectivity index (χ1n) is 8.90.